The van der Waals surface area contributed by atoms with Gasteiger partial charge in [0.25, 0.3) is 5.91 Å². The lowest BCUT2D eigenvalue weighted by molar-refractivity contribution is -0.117. The van der Waals surface area contributed by atoms with Gasteiger partial charge in [-0.25, -0.2) is 4.39 Å². The third-order valence-corrected chi connectivity index (χ3v) is 6.59. The molecule has 0 saturated carbocycles. The van der Waals surface area contributed by atoms with Gasteiger partial charge in [-0.2, -0.15) is 0 Å². The number of nitrogens with one attached hydrogen (secondary N) is 1. The van der Waals surface area contributed by atoms with E-state index in [0.717, 1.165) is 28.1 Å². The minimum absolute atomic E-state index is 0.0343. The molecule has 1 aliphatic heterocycles. The summed E-state index contributed by atoms with van der Waals surface area (Å²) in [6.45, 7) is 2.94. The molecule has 1 atom stereocenters. The highest BCUT2D eigenvalue weighted by Gasteiger charge is 2.25. The van der Waals surface area contributed by atoms with Gasteiger partial charge < -0.3 is 14.6 Å². The smallest absolute Gasteiger partial charge is 0.254 e. The fourth-order valence-corrected chi connectivity index (χ4v) is 4.66. The Hall–Kier alpha value is -4.19. The molecule has 5 rings (SSSR count). The van der Waals surface area contributed by atoms with Crippen LogP contribution in [0.5, 0.6) is 0 Å². The van der Waals surface area contributed by atoms with Crippen molar-refractivity contribution in [3.8, 4) is 11.3 Å². The van der Waals surface area contributed by atoms with Crippen LogP contribution in [0.4, 0.5) is 10.1 Å². The summed E-state index contributed by atoms with van der Waals surface area (Å²) >= 11 is 0. The summed E-state index contributed by atoms with van der Waals surface area (Å²) < 4.78 is 19.6. The quantitative estimate of drug-likeness (QED) is 0.345. The monoisotopic (exact) mass is 482 g/mol. The van der Waals surface area contributed by atoms with E-state index < -0.39 is 5.82 Å². The molecule has 0 radical (unpaired) electrons. The second kappa shape index (κ2) is 10.2. The Kier molecular flexibility index (Phi) is 6.67. The number of furan rings is 1. The van der Waals surface area contributed by atoms with Gasteiger partial charge in [0, 0.05) is 41.9 Å². The Morgan fingerprint density at radius 1 is 1.00 bits per heavy atom. The highest BCUT2D eigenvalue weighted by Crippen LogP contribution is 2.31. The first kappa shape index (κ1) is 23.5. The predicted molar refractivity (Wildman–Crippen MR) is 137 cm³/mol. The third-order valence-electron chi connectivity index (χ3n) is 6.59. The van der Waals surface area contributed by atoms with Crippen molar-refractivity contribution >= 4 is 17.5 Å². The van der Waals surface area contributed by atoms with E-state index in [4.69, 9.17) is 4.42 Å². The standard InChI is InChI=1S/C30H27FN2O3/c1-2-26(20-7-4-3-5-8-20)29(34)32-25-13-11-21(12-14-25)28-18-23-19-33(16-15-27(23)36-28)30(35)22-9-6-10-24(31)17-22/h3-14,17-18,26H,2,15-16,19H2,1H3,(H,32,34). The molecule has 1 unspecified atom stereocenters. The van der Waals surface area contributed by atoms with Crippen LogP contribution in [-0.4, -0.2) is 23.3 Å². The second-order valence-electron chi connectivity index (χ2n) is 8.98. The van der Waals surface area contributed by atoms with Crippen molar-refractivity contribution in [3.63, 3.8) is 0 Å². The SMILES string of the molecule is CCC(C(=O)Nc1ccc(-c2cc3c(o2)CCN(C(=O)c2cccc(F)c2)C3)cc1)c1ccccc1. The number of hydrogen-bond acceptors (Lipinski definition) is 3. The molecule has 4 aromatic rings. The number of amides is 2. The summed E-state index contributed by atoms with van der Waals surface area (Å²) in [6, 6.07) is 25.1. The number of halogens is 1. The largest absolute Gasteiger partial charge is 0.461 e. The van der Waals surface area contributed by atoms with Gasteiger partial charge in [0.05, 0.1) is 5.92 Å². The van der Waals surface area contributed by atoms with E-state index in [1.807, 2.05) is 67.6 Å². The average molecular weight is 483 g/mol. The van der Waals surface area contributed by atoms with E-state index in [2.05, 4.69) is 5.32 Å². The van der Waals surface area contributed by atoms with Gasteiger partial charge in [-0.15, -0.1) is 0 Å². The van der Waals surface area contributed by atoms with Gasteiger partial charge in [0.15, 0.2) is 0 Å². The van der Waals surface area contributed by atoms with Crippen molar-refractivity contribution in [2.45, 2.75) is 32.2 Å². The maximum atomic E-state index is 13.5. The molecule has 2 heterocycles. The molecule has 2 amide bonds. The number of anilines is 1. The first-order valence-corrected chi connectivity index (χ1v) is 12.1. The number of rotatable bonds is 6. The molecule has 1 aliphatic rings. The molecule has 1 aromatic heterocycles. The molecule has 0 fully saturated rings. The first-order chi connectivity index (χ1) is 17.5. The third kappa shape index (κ3) is 4.93. The normalized spacial score (nSPS) is 13.7. The zero-order valence-corrected chi connectivity index (χ0v) is 20.0. The average Bonchev–Trinajstić information content (AvgIpc) is 3.33. The van der Waals surface area contributed by atoms with E-state index in [1.165, 1.54) is 12.1 Å². The summed E-state index contributed by atoms with van der Waals surface area (Å²) in [6.07, 6.45) is 1.31. The van der Waals surface area contributed by atoms with Gasteiger partial charge >= 0.3 is 0 Å². The Labute approximate surface area is 209 Å². The number of benzene rings is 3. The lowest BCUT2D eigenvalue weighted by Crippen LogP contribution is -2.35. The van der Waals surface area contributed by atoms with Crippen molar-refractivity contribution in [1.29, 1.82) is 0 Å². The topological polar surface area (TPSA) is 62.6 Å². The van der Waals surface area contributed by atoms with Crippen molar-refractivity contribution in [2.75, 3.05) is 11.9 Å². The van der Waals surface area contributed by atoms with Crippen LogP contribution >= 0.6 is 0 Å². The fraction of sp³-hybridized carbons (Fsp3) is 0.200. The van der Waals surface area contributed by atoms with Crippen LogP contribution < -0.4 is 5.32 Å². The zero-order chi connectivity index (χ0) is 25.1. The summed E-state index contributed by atoms with van der Waals surface area (Å²) in [7, 11) is 0. The van der Waals surface area contributed by atoms with E-state index in [9.17, 15) is 14.0 Å². The minimum Gasteiger partial charge on any atom is -0.461 e. The van der Waals surface area contributed by atoms with Crippen molar-refractivity contribution in [3.05, 3.63) is 113 Å². The summed E-state index contributed by atoms with van der Waals surface area (Å²) in [5.41, 5.74) is 3.91. The van der Waals surface area contributed by atoms with E-state index in [0.29, 0.717) is 37.3 Å². The van der Waals surface area contributed by atoms with Crippen LogP contribution in [0.2, 0.25) is 0 Å². The van der Waals surface area contributed by atoms with Crippen molar-refractivity contribution < 1.29 is 18.4 Å². The Morgan fingerprint density at radius 3 is 2.50 bits per heavy atom. The Balaban J connectivity index is 1.26. The van der Waals surface area contributed by atoms with Crippen LogP contribution in [0.1, 0.15) is 46.5 Å². The molecule has 182 valence electrons. The van der Waals surface area contributed by atoms with Gasteiger partial charge in [-0.1, -0.05) is 43.3 Å². The van der Waals surface area contributed by atoms with Crippen LogP contribution in [0.3, 0.4) is 0 Å². The summed E-state index contributed by atoms with van der Waals surface area (Å²) in [5.74, 6) is 0.722. The van der Waals surface area contributed by atoms with Crippen LogP contribution in [-0.2, 0) is 17.8 Å². The second-order valence-corrected chi connectivity index (χ2v) is 8.98. The molecule has 0 spiro atoms. The number of nitrogens with zero attached hydrogens (tertiary/aromatic N) is 1. The van der Waals surface area contributed by atoms with Gasteiger partial charge in [-0.05, 0) is 60.5 Å². The van der Waals surface area contributed by atoms with Crippen molar-refractivity contribution in [2.24, 2.45) is 0 Å². The van der Waals surface area contributed by atoms with E-state index in [1.54, 1.807) is 17.0 Å². The molecule has 0 bridgehead atoms. The number of carbonyl (C=O) groups is 2. The predicted octanol–water partition coefficient (Wildman–Crippen LogP) is 6.42. The molecular formula is C30H27FN2O3. The zero-order valence-electron chi connectivity index (χ0n) is 20.0. The molecule has 1 N–H and O–H groups in total. The molecule has 3 aromatic carbocycles. The number of hydrogen-bond donors (Lipinski definition) is 1. The maximum absolute atomic E-state index is 13.5. The lowest BCUT2D eigenvalue weighted by Gasteiger charge is -2.26. The van der Waals surface area contributed by atoms with E-state index in [-0.39, 0.29) is 17.7 Å². The highest BCUT2D eigenvalue weighted by atomic mass is 19.1. The summed E-state index contributed by atoms with van der Waals surface area (Å²) in [4.78, 5) is 27.4. The Bertz CT molecular complexity index is 1380. The minimum atomic E-state index is -0.422. The first-order valence-electron chi connectivity index (χ1n) is 12.1. The van der Waals surface area contributed by atoms with Crippen LogP contribution in [0.25, 0.3) is 11.3 Å². The molecule has 0 aliphatic carbocycles. The molecule has 5 nitrogen and oxygen atoms in total. The van der Waals surface area contributed by atoms with Gasteiger partial charge in [-0.3, -0.25) is 9.59 Å². The van der Waals surface area contributed by atoms with Crippen LogP contribution in [0, 0.1) is 5.82 Å². The maximum Gasteiger partial charge on any atom is 0.254 e. The van der Waals surface area contributed by atoms with Crippen molar-refractivity contribution in [1.82, 2.24) is 4.90 Å². The molecular weight excluding hydrogens is 455 g/mol. The summed E-state index contributed by atoms with van der Waals surface area (Å²) in [5, 5.41) is 3.02. The number of fused-ring (bicyclic) bond motifs is 1. The molecule has 36 heavy (non-hydrogen) atoms. The molecule has 6 heteroatoms. The fourth-order valence-electron chi connectivity index (χ4n) is 4.66. The van der Waals surface area contributed by atoms with Crippen LogP contribution in [0.15, 0.2) is 89.3 Å². The Morgan fingerprint density at radius 2 is 1.78 bits per heavy atom. The molecule has 0 saturated heterocycles. The van der Waals surface area contributed by atoms with Gasteiger partial charge in [0.1, 0.15) is 17.3 Å². The van der Waals surface area contributed by atoms with Gasteiger partial charge in [0.2, 0.25) is 5.91 Å². The van der Waals surface area contributed by atoms with E-state index >= 15 is 0 Å². The number of carbonyl (C=O) groups excluding carboxylic acids is 2. The highest BCUT2D eigenvalue weighted by molar-refractivity contribution is 5.96. The lowest BCUT2D eigenvalue weighted by atomic mass is 9.95.